The molecule has 2 heteroatoms. The third-order valence-corrected chi connectivity index (χ3v) is 5.06. The number of rotatable bonds is 5. The molecule has 20 heavy (non-hydrogen) atoms. The van der Waals surface area contributed by atoms with E-state index in [2.05, 4.69) is 62.3 Å². The van der Waals surface area contributed by atoms with Crippen molar-refractivity contribution in [3.8, 4) is 0 Å². The van der Waals surface area contributed by atoms with Crippen LogP contribution in [0.2, 0.25) is 0 Å². The Balaban J connectivity index is 1.90. The number of nitrogens with zero attached hydrogens (tertiary/aromatic N) is 1. The summed E-state index contributed by atoms with van der Waals surface area (Å²) >= 11 is 0. The zero-order chi connectivity index (χ0) is 14.5. The van der Waals surface area contributed by atoms with Gasteiger partial charge in [-0.3, -0.25) is 0 Å². The molecular formula is C18H30N2. The number of likely N-dealkylation sites (tertiary alicyclic amines) is 1. The fraction of sp³-hybridized carbons (Fsp3) is 0.667. The highest BCUT2D eigenvalue weighted by molar-refractivity contribution is 5.28. The van der Waals surface area contributed by atoms with Crippen molar-refractivity contribution in [1.29, 1.82) is 0 Å². The zero-order valence-corrected chi connectivity index (χ0v) is 13.5. The molecule has 3 atom stereocenters. The molecule has 1 fully saturated rings. The number of benzene rings is 1. The Labute approximate surface area is 124 Å². The van der Waals surface area contributed by atoms with Crippen molar-refractivity contribution in [3.05, 3.63) is 35.4 Å². The highest BCUT2D eigenvalue weighted by Crippen LogP contribution is 2.25. The van der Waals surface area contributed by atoms with Crippen LogP contribution < -0.4 is 5.32 Å². The van der Waals surface area contributed by atoms with Crippen molar-refractivity contribution in [2.24, 2.45) is 11.8 Å². The second kappa shape index (κ2) is 7.24. The van der Waals surface area contributed by atoms with Crippen LogP contribution in [-0.4, -0.2) is 31.6 Å². The summed E-state index contributed by atoms with van der Waals surface area (Å²) in [5, 5.41) is 3.49. The average Bonchev–Trinajstić information content (AvgIpc) is 2.45. The number of nitrogens with one attached hydrogen (secondary N) is 1. The van der Waals surface area contributed by atoms with Crippen molar-refractivity contribution in [2.75, 3.05) is 26.7 Å². The van der Waals surface area contributed by atoms with E-state index >= 15 is 0 Å². The molecule has 0 aromatic heterocycles. The van der Waals surface area contributed by atoms with Gasteiger partial charge in [0.25, 0.3) is 0 Å². The van der Waals surface area contributed by atoms with Crippen molar-refractivity contribution >= 4 is 0 Å². The van der Waals surface area contributed by atoms with Crippen LogP contribution in [0.4, 0.5) is 0 Å². The van der Waals surface area contributed by atoms with Crippen LogP contribution in [-0.2, 0) is 0 Å². The summed E-state index contributed by atoms with van der Waals surface area (Å²) in [7, 11) is 2.08. The van der Waals surface area contributed by atoms with Crippen LogP contribution in [0, 0.1) is 18.8 Å². The molecule has 1 saturated heterocycles. The van der Waals surface area contributed by atoms with Gasteiger partial charge in [0.1, 0.15) is 0 Å². The monoisotopic (exact) mass is 274 g/mol. The Kier molecular flexibility index (Phi) is 5.62. The quantitative estimate of drug-likeness (QED) is 0.882. The summed E-state index contributed by atoms with van der Waals surface area (Å²) in [4.78, 5) is 2.65. The first-order valence-electron chi connectivity index (χ1n) is 8.07. The average molecular weight is 274 g/mol. The molecule has 0 radical (unpaired) electrons. The molecule has 0 saturated carbocycles. The van der Waals surface area contributed by atoms with Gasteiger partial charge in [0.15, 0.2) is 0 Å². The second-order valence-electron chi connectivity index (χ2n) is 6.53. The van der Waals surface area contributed by atoms with Crippen molar-refractivity contribution in [1.82, 2.24) is 10.2 Å². The molecule has 0 spiro atoms. The van der Waals surface area contributed by atoms with Crippen LogP contribution in [0.3, 0.4) is 0 Å². The molecule has 0 bridgehead atoms. The second-order valence-corrected chi connectivity index (χ2v) is 6.53. The van der Waals surface area contributed by atoms with Crippen LogP contribution in [0.5, 0.6) is 0 Å². The van der Waals surface area contributed by atoms with Gasteiger partial charge in [-0.2, -0.15) is 0 Å². The maximum Gasteiger partial charge on any atom is 0.0332 e. The highest BCUT2D eigenvalue weighted by atomic mass is 15.1. The number of piperidine rings is 1. The van der Waals surface area contributed by atoms with Crippen molar-refractivity contribution in [3.63, 3.8) is 0 Å². The SMILES string of the molecule is CNC(CCN1CCC(C)C(C)C1)c1ccccc1C. The predicted molar refractivity (Wildman–Crippen MR) is 87.0 cm³/mol. The van der Waals surface area contributed by atoms with Crippen LogP contribution in [0.15, 0.2) is 24.3 Å². The van der Waals surface area contributed by atoms with E-state index in [1.54, 1.807) is 0 Å². The normalized spacial score (nSPS) is 25.6. The third-order valence-electron chi connectivity index (χ3n) is 5.06. The van der Waals surface area contributed by atoms with Crippen molar-refractivity contribution < 1.29 is 0 Å². The summed E-state index contributed by atoms with van der Waals surface area (Å²) < 4.78 is 0. The van der Waals surface area contributed by atoms with Gasteiger partial charge in [-0.05, 0) is 62.9 Å². The number of hydrogen-bond donors (Lipinski definition) is 1. The van der Waals surface area contributed by atoms with Gasteiger partial charge in [-0.15, -0.1) is 0 Å². The summed E-state index contributed by atoms with van der Waals surface area (Å²) in [6, 6.07) is 9.23. The number of aryl methyl sites for hydroxylation is 1. The van der Waals surface area contributed by atoms with E-state index in [0.717, 1.165) is 11.8 Å². The van der Waals surface area contributed by atoms with Gasteiger partial charge < -0.3 is 10.2 Å². The lowest BCUT2D eigenvalue weighted by molar-refractivity contribution is 0.133. The van der Waals surface area contributed by atoms with Gasteiger partial charge in [0, 0.05) is 12.6 Å². The Morgan fingerprint density at radius 1 is 1.25 bits per heavy atom. The van der Waals surface area contributed by atoms with E-state index in [1.807, 2.05) is 0 Å². The molecule has 112 valence electrons. The molecular weight excluding hydrogens is 244 g/mol. The first kappa shape index (κ1) is 15.5. The van der Waals surface area contributed by atoms with E-state index in [9.17, 15) is 0 Å². The van der Waals surface area contributed by atoms with Crippen LogP contribution >= 0.6 is 0 Å². The molecule has 0 amide bonds. The minimum atomic E-state index is 0.478. The molecule has 1 aliphatic heterocycles. The molecule has 2 rings (SSSR count). The largest absolute Gasteiger partial charge is 0.313 e. The first-order chi connectivity index (χ1) is 9.61. The van der Waals surface area contributed by atoms with Crippen molar-refractivity contribution in [2.45, 2.75) is 39.7 Å². The summed E-state index contributed by atoms with van der Waals surface area (Å²) in [6.07, 6.45) is 2.55. The van der Waals surface area contributed by atoms with Gasteiger partial charge >= 0.3 is 0 Å². The summed E-state index contributed by atoms with van der Waals surface area (Å²) in [5.74, 6) is 1.73. The molecule has 2 nitrogen and oxygen atoms in total. The lowest BCUT2D eigenvalue weighted by Gasteiger charge is -2.36. The lowest BCUT2D eigenvalue weighted by atomic mass is 9.88. The van der Waals surface area contributed by atoms with E-state index in [-0.39, 0.29) is 0 Å². The smallest absolute Gasteiger partial charge is 0.0332 e. The van der Waals surface area contributed by atoms with Crippen LogP contribution in [0.1, 0.15) is 43.9 Å². The molecule has 3 unspecified atom stereocenters. The van der Waals surface area contributed by atoms with E-state index < -0.39 is 0 Å². The molecule has 1 N–H and O–H groups in total. The van der Waals surface area contributed by atoms with Gasteiger partial charge in [0.05, 0.1) is 0 Å². The summed E-state index contributed by atoms with van der Waals surface area (Å²) in [6.45, 7) is 10.8. The Bertz CT molecular complexity index is 416. The Morgan fingerprint density at radius 3 is 2.65 bits per heavy atom. The fourth-order valence-corrected chi connectivity index (χ4v) is 3.30. The Morgan fingerprint density at radius 2 is 2.00 bits per heavy atom. The van der Waals surface area contributed by atoms with Gasteiger partial charge in [0.2, 0.25) is 0 Å². The molecule has 1 heterocycles. The Hall–Kier alpha value is -0.860. The lowest BCUT2D eigenvalue weighted by Crippen LogP contribution is -2.39. The molecule has 1 aliphatic rings. The highest BCUT2D eigenvalue weighted by Gasteiger charge is 2.23. The van der Waals surface area contributed by atoms with Gasteiger partial charge in [-0.25, -0.2) is 0 Å². The standard InChI is InChI=1S/C18H30N2/c1-14-9-11-20(13-16(14)3)12-10-18(19-4)17-8-6-5-7-15(17)2/h5-8,14,16,18-19H,9-13H2,1-4H3. The maximum absolute atomic E-state index is 3.49. The van der Waals surface area contributed by atoms with E-state index in [1.165, 1.54) is 43.6 Å². The third kappa shape index (κ3) is 3.83. The topological polar surface area (TPSA) is 15.3 Å². The molecule has 1 aromatic carbocycles. The van der Waals surface area contributed by atoms with E-state index in [0.29, 0.717) is 6.04 Å². The summed E-state index contributed by atoms with van der Waals surface area (Å²) in [5.41, 5.74) is 2.85. The molecule has 1 aromatic rings. The maximum atomic E-state index is 3.49. The minimum absolute atomic E-state index is 0.478. The van der Waals surface area contributed by atoms with Gasteiger partial charge in [-0.1, -0.05) is 38.1 Å². The zero-order valence-electron chi connectivity index (χ0n) is 13.5. The fourth-order valence-electron chi connectivity index (χ4n) is 3.30. The van der Waals surface area contributed by atoms with E-state index in [4.69, 9.17) is 0 Å². The number of hydrogen-bond acceptors (Lipinski definition) is 2. The minimum Gasteiger partial charge on any atom is -0.313 e. The predicted octanol–water partition coefficient (Wildman–Crippen LogP) is 3.62. The molecule has 0 aliphatic carbocycles. The first-order valence-corrected chi connectivity index (χ1v) is 8.07. The van der Waals surface area contributed by atoms with Crippen LogP contribution in [0.25, 0.3) is 0 Å².